The molecule has 16 heavy (non-hydrogen) atoms. The molecule has 0 aliphatic heterocycles. The molecule has 0 aliphatic carbocycles. The highest BCUT2D eigenvalue weighted by Crippen LogP contribution is 2.04. The van der Waals surface area contributed by atoms with E-state index in [1.54, 1.807) is 12.3 Å². The standard InChI is InChI=1S/C11H16N4O/c1-14(2)10-8-11(16)15(13-9-10)7-5-3-4-6-12/h8-9H,3-5,7H2,1-2H3. The highest BCUT2D eigenvalue weighted by Gasteiger charge is 2.01. The molecule has 86 valence electrons. The van der Waals surface area contributed by atoms with Crippen molar-refractivity contribution >= 4 is 5.69 Å². The molecule has 5 heteroatoms. The van der Waals surface area contributed by atoms with Crippen LogP contribution < -0.4 is 10.5 Å². The van der Waals surface area contributed by atoms with Crippen LogP contribution in [0.2, 0.25) is 0 Å². The normalized spacial score (nSPS) is 9.81. The summed E-state index contributed by atoms with van der Waals surface area (Å²) >= 11 is 0. The summed E-state index contributed by atoms with van der Waals surface area (Å²) in [6.07, 6.45) is 3.82. The molecule has 0 amide bonds. The molecule has 0 unspecified atom stereocenters. The van der Waals surface area contributed by atoms with E-state index in [1.165, 1.54) is 4.68 Å². The Morgan fingerprint density at radius 3 is 2.81 bits per heavy atom. The summed E-state index contributed by atoms with van der Waals surface area (Å²) in [6.45, 7) is 0.578. The number of nitriles is 1. The summed E-state index contributed by atoms with van der Waals surface area (Å²) in [5.74, 6) is 0. The fourth-order valence-electron chi connectivity index (χ4n) is 1.30. The Morgan fingerprint density at radius 1 is 1.50 bits per heavy atom. The van der Waals surface area contributed by atoms with Gasteiger partial charge in [-0.1, -0.05) is 0 Å². The second-order valence-electron chi connectivity index (χ2n) is 3.78. The monoisotopic (exact) mass is 220 g/mol. The van der Waals surface area contributed by atoms with Crippen LogP contribution in [-0.4, -0.2) is 23.9 Å². The van der Waals surface area contributed by atoms with Crippen molar-refractivity contribution in [3.05, 3.63) is 22.6 Å². The number of rotatable bonds is 5. The molecule has 0 saturated carbocycles. The van der Waals surface area contributed by atoms with Crippen LogP contribution in [0, 0.1) is 11.3 Å². The van der Waals surface area contributed by atoms with Gasteiger partial charge in [0.15, 0.2) is 0 Å². The molecule has 0 saturated heterocycles. The van der Waals surface area contributed by atoms with Gasteiger partial charge in [-0.05, 0) is 12.8 Å². The van der Waals surface area contributed by atoms with E-state index in [9.17, 15) is 4.79 Å². The van der Waals surface area contributed by atoms with E-state index in [-0.39, 0.29) is 5.56 Å². The van der Waals surface area contributed by atoms with Gasteiger partial charge in [0.1, 0.15) is 0 Å². The van der Waals surface area contributed by atoms with E-state index >= 15 is 0 Å². The van der Waals surface area contributed by atoms with Gasteiger partial charge in [0.05, 0.1) is 18.0 Å². The Labute approximate surface area is 94.9 Å². The molecule has 0 N–H and O–H groups in total. The van der Waals surface area contributed by atoms with E-state index in [4.69, 9.17) is 5.26 Å². The Hall–Kier alpha value is -1.83. The van der Waals surface area contributed by atoms with Crippen LogP contribution in [0.4, 0.5) is 5.69 Å². The van der Waals surface area contributed by atoms with Gasteiger partial charge in [-0.3, -0.25) is 4.79 Å². The Morgan fingerprint density at radius 2 is 2.25 bits per heavy atom. The van der Waals surface area contributed by atoms with Gasteiger partial charge < -0.3 is 4.90 Å². The number of aryl methyl sites for hydroxylation is 1. The molecule has 0 radical (unpaired) electrons. The zero-order valence-electron chi connectivity index (χ0n) is 9.68. The predicted molar refractivity (Wildman–Crippen MR) is 62.3 cm³/mol. The van der Waals surface area contributed by atoms with E-state index in [2.05, 4.69) is 11.2 Å². The Balaban J connectivity index is 2.62. The lowest BCUT2D eigenvalue weighted by Gasteiger charge is -2.12. The van der Waals surface area contributed by atoms with Gasteiger partial charge in [-0.15, -0.1) is 0 Å². The van der Waals surface area contributed by atoms with Crippen molar-refractivity contribution in [1.29, 1.82) is 5.26 Å². The molecule has 0 bridgehead atoms. The number of hydrogen-bond donors (Lipinski definition) is 0. The zero-order chi connectivity index (χ0) is 12.0. The minimum Gasteiger partial charge on any atom is -0.376 e. The smallest absolute Gasteiger partial charge is 0.268 e. The minimum absolute atomic E-state index is 0.0943. The van der Waals surface area contributed by atoms with E-state index < -0.39 is 0 Å². The largest absolute Gasteiger partial charge is 0.376 e. The average molecular weight is 220 g/mol. The highest BCUT2D eigenvalue weighted by atomic mass is 16.1. The molecule has 1 aromatic heterocycles. The maximum absolute atomic E-state index is 11.6. The van der Waals surface area contributed by atoms with Gasteiger partial charge in [0.25, 0.3) is 5.56 Å². The zero-order valence-corrected chi connectivity index (χ0v) is 9.68. The van der Waals surface area contributed by atoms with Gasteiger partial charge in [0.2, 0.25) is 0 Å². The highest BCUT2D eigenvalue weighted by molar-refractivity contribution is 5.40. The van der Waals surface area contributed by atoms with E-state index in [0.717, 1.165) is 18.5 Å². The van der Waals surface area contributed by atoms with Crippen LogP contribution in [0.5, 0.6) is 0 Å². The quantitative estimate of drug-likeness (QED) is 0.694. The average Bonchev–Trinajstić information content (AvgIpc) is 2.26. The summed E-state index contributed by atoms with van der Waals surface area (Å²) in [5, 5.41) is 12.5. The van der Waals surface area contributed by atoms with Crippen molar-refractivity contribution in [1.82, 2.24) is 9.78 Å². The molecular formula is C11H16N4O. The first-order valence-corrected chi connectivity index (χ1v) is 5.26. The first-order valence-electron chi connectivity index (χ1n) is 5.26. The fraction of sp³-hybridized carbons (Fsp3) is 0.545. The number of hydrogen-bond acceptors (Lipinski definition) is 4. The second kappa shape index (κ2) is 5.91. The number of nitrogens with zero attached hydrogens (tertiary/aromatic N) is 4. The topological polar surface area (TPSA) is 61.9 Å². The molecule has 1 aromatic rings. The SMILES string of the molecule is CN(C)c1cnn(CCCCC#N)c(=O)c1. The number of anilines is 1. The van der Waals surface area contributed by atoms with Crippen LogP contribution in [-0.2, 0) is 6.54 Å². The Bertz CT molecular complexity index is 430. The molecule has 0 atom stereocenters. The molecule has 0 fully saturated rings. The van der Waals surface area contributed by atoms with Gasteiger partial charge in [-0.2, -0.15) is 10.4 Å². The summed E-state index contributed by atoms with van der Waals surface area (Å²) in [6, 6.07) is 3.64. The summed E-state index contributed by atoms with van der Waals surface area (Å²) in [7, 11) is 3.74. The first-order chi connectivity index (χ1) is 7.65. The van der Waals surface area contributed by atoms with Crippen LogP contribution >= 0.6 is 0 Å². The first kappa shape index (κ1) is 12.2. The number of unbranched alkanes of at least 4 members (excludes halogenated alkanes) is 2. The molecule has 0 aliphatic rings. The third-order valence-corrected chi connectivity index (χ3v) is 2.28. The Kier molecular flexibility index (Phi) is 4.52. The minimum atomic E-state index is -0.0943. The van der Waals surface area contributed by atoms with Gasteiger partial charge in [-0.25, -0.2) is 4.68 Å². The van der Waals surface area contributed by atoms with Crippen molar-refractivity contribution in [3.8, 4) is 6.07 Å². The van der Waals surface area contributed by atoms with Crippen molar-refractivity contribution in [2.45, 2.75) is 25.8 Å². The van der Waals surface area contributed by atoms with Crippen molar-refractivity contribution in [2.75, 3.05) is 19.0 Å². The van der Waals surface area contributed by atoms with E-state index in [1.807, 2.05) is 19.0 Å². The third-order valence-electron chi connectivity index (χ3n) is 2.28. The molecule has 1 heterocycles. The maximum Gasteiger partial charge on any atom is 0.268 e. The third kappa shape index (κ3) is 3.39. The number of aromatic nitrogens is 2. The summed E-state index contributed by atoms with van der Waals surface area (Å²) in [5.41, 5.74) is 0.710. The van der Waals surface area contributed by atoms with Crippen LogP contribution in [0.1, 0.15) is 19.3 Å². The molecule has 0 aromatic carbocycles. The fourth-order valence-corrected chi connectivity index (χ4v) is 1.30. The van der Waals surface area contributed by atoms with E-state index in [0.29, 0.717) is 13.0 Å². The van der Waals surface area contributed by atoms with Crippen molar-refractivity contribution in [2.24, 2.45) is 0 Å². The molecule has 5 nitrogen and oxygen atoms in total. The maximum atomic E-state index is 11.6. The van der Waals surface area contributed by atoms with Crippen LogP contribution in [0.15, 0.2) is 17.1 Å². The lowest BCUT2D eigenvalue weighted by atomic mass is 10.2. The predicted octanol–water partition coefficient (Wildman–Crippen LogP) is 1.00. The summed E-state index contributed by atoms with van der Waals surface area (Å²) in [4.78, 5) is 13.5. The van der Waals surface area contributed by atoms with Gasteiger partial charge in [0, 0.05) is 33.1 Å². The van der Waals surface area contributed by atoms with Crippen molar-refractivity contribution < 1.29 is 0 Å². The van der Waals surface area contributed by atoms with Crippen LogP contribution in [0.25, 0.3) is 0 Å². The van der Waals surface area contributed by atoms with Gasteiger partial charge >= 0.3 is 0 Å². The second-order valence-corrected chi connectivity index (χ2v) is 3.78. The lowest BCUT2D eigenvalue weighted by molar-refractivity contribution is 0.535. The summed E-state index contributed by atoms with van der Waals surface area (Å²) < 4.78 is 1.43. The van der Waals surface area contributed by atoms with Crippen molar-refractivity contribution in [3.63, 3.8) is 0 Å². The molecule has 0 spiro atoms. The lowest BCUT2D eigenvalue weighted by Crippen LogP contribution is -2.24. The van der Waals surface area contributed by atoms with Crippen LogP contribution in [0.3, 0.4) is 0 Å². The molecule has 1 rings (SSSR count). The molecular weight excluding hydrogens is 204 g/mol.